The Hall–Kier alpha value is -3.20. The summed E-state index contributed by atoms with van der Waals surface area (Å²) in [5.41, 5.74) is 0.984. The van der Waals surface area contributed by atoms with E-state index in [4.69, 9.17) is 4.74 Å². The van der Waals surface area contributed by atoms with Crippen molar-refractivity contribution in [1.29, 1.82) is 0 Å². The van der Waals surface area contributed by atoms with E-state index in [1.54, 1.807) is 19.3 Å². The number of halogens is 2. The Kier molecular flexibility index (Phi) is 4.82. The number of nitrogens with zero attached hydrogens (tertiary/aromatic N) is 5. The van der Waals surface area contributed by atoms with Crippen LogP contribution in [-0.4, -0.2) is 39.2 Å². The zero-order valence-corrected chi connectivity index (χ0v) is 15.0. The molecule has 0 aliphatic carbocycles. The number of morpholine rings is 1. The summed E-state index contributed by atoms with van der Waals surface area (Å²) in [6.45, 7) is 1.07. The van der Waals surface area contributed by atoms with Crippen LogP contribution >= 0.6 is 0 Å². The van der Waals surface area contributed by atoms with Crippen LogP contribution in [0.1, 0.15) is 11.7 Å². The minimum Gasteiger partial charge on any atom is -0.370 e. The van der Waals surface area contributed by atoms with E-state index in [-0.39, 0.29) is 17.7 Å². The molecule has 0 saturated carbocycles. The van der Waals surface area contributed by atoms with Gasteiger partial charge in [-0.3, -0.25) is 9.36 Å². The fourth-order valence-corrected chi connectivity index (χ4v) is 3.17. The number of hydrogen-bond donors (Lipinski definition) is 0. The molecule has 7 nitrogen and oxygen atoms in total. The van der Waals surface area contributed by atoms with Crippen molar-refractivity contribution < 1.29 is 13.5 Å². The summed E-state index contributed by atoms with van der Waals surface area (Å²) >= 11 is 0. The molecule has 1 aromatic carbocycles. The van der Waals surface area contributed by atoms with Crippen LogP contribution in [0.15, 0.2) is 47.7 Å². The molecule has 0 amide bonds. The highest BCUT2D eigenvalue weighted by atomic mass is 19.1. The summed E-state index contributed by atoms with van der Waals surface area (Å²) < 4.78 is 34.5. The van der Waals surface area contributed by atoms with E-state index < -0.39 is 17.7 Å². The smallest absolute Gasteiger partial charge is 0.255 e. The fourth-order valence-electron chi connectivity index (χ4n) is 3.17. The number of anilines is 1. The summed E-state index contributed by atoms with van der Waals surface area (Å²) in [5.74, 6) is -0.879. The molecule has 1 aliphatic rings. The molecule has 3 heterocycles. The maximum atomic E-state index is 14.2. The van der Waals surface area contributed by atoms with Crippen LogP contribution in [-0.2, 0) is 11.8 Å². The molecule has 1 saturated heterocycles. The van der Waals surface area contributed by atoms with Crippen molar-refractivity contribution in [3.05, 3.63) is 70.4 Å². The van der Waals surface area contributed by atoms with E-state index in [0.29, 0.717) is 30.5 Å². The van der Waals surface area contributed by atoms with Crippen molar-refractivity contribution in [2.45, 2.75) is 6.10 Å². The van der Waals surface area contributed by atoms with Gasteiger partial charge in [-0.1, -0.05) is 6.07 Å². The minimum atomic E-state index is -0.663. The summed E-state index contributed by atoms with van der Waals surface area (Å²) in [7, 11) is 1.62. The van der Waals surface area contributed by atoms with E-state index in [1.165, 1.54) is 29.1 Å². The number of rotatable bonds is 3. The van der Waals surface area contributed by atoms with Gasteiger partial charge in [0.05, 0.1) is 24.5 Å². The van der Waals surface area contributed by atoms with E-state index in [2.05, 4.69) is 15.0 Å². The summed E-state index contributed by atoms with van der Waals surface area (Å²) in [6.07, 6.45) is 2.35. The summed E-state index contributed by atoms with van der Waals surface area (Å²) in [4.78, 5) is 26.9. The normalized spacial score (nSPS) is 17.0. The quantitative estimate of drug-likeness (QED) is 0.688. The molecule has 9 heteroatoms. The van der Waals surface area contributed by atoms with E-state index in [1.807, 2.05) is 4.90 Å². The van der Waals surface area contributed by atoms with Crippen molar-refractivity contribution in [2.75, 3.05) is 24.6 Å². The Balaban J connectivity index is 1.68. The second-order valence-electron chi connectivity index (χ2n) is 6.40. The first-order valence-corrected chi connectivity index (χ1v) is 8.69. The lowest BCUT2D eigenvalue weighted by Gasteiger charge is -2.34. The predicted molar refractivity (Wildman–Crippen MR) is 97.8 cm³/mol. The van der Waals surface area contributed by atoms with Gasteiger partial charge in [0.2, 0.25) is 5.95 Å². The number of aromatic nitrogens is 4. The van der Waals surface area contributed by atoms with Crippen LogP contribution in [0.3, 0.4) is 0 Å². The van der Waals surface area contributed by atoms with Gasteiger partial charge >= 0.3 is 0 Å². The van der Waals surface area contributed by atoms with Gasteiger partial charge in [0.25, 0.3) is 5.56 Å². The first-order chi connectivity index (χ1) is 13.5. The van der Waals surface area contributed by atoms with Gasteiger partial charge in [-0.25, -0.2) is 23.7 Å². The molecule has 1 atom stereocenters. The molecular weight excluding hydrogens is 368 g/mol. The highest BCUT2D eigenvalue weighted by Crippen LogP contribution is 2.27. The lowest BCUT2D eigenvalue weighted by molar-refractivity contribution is 0.0366. The van der Waals surface area contributed by atoms with Gasteiger partial charge in [-0.05, 0) is 12.1 Å². The standard InChI is InChI=1S/C19H17F2N5O2/c1-25-18(27)9-16(15-4-5-22-11-23-15)24-19(25)26-6-7-28-17(10-26)13-3-2-12(20)8-14(13)21/h2-5,8-9,11,17H,6-7,10H2,1H3/t17-/m1/s1. The van der Waals surface area contributed by atoms with Crippen molar-refractivity contribution in [1.82, 2.24) is 19.5 Å². The molecule has 0 unspecified atom stereocenters. The van der Waals surface area contributed by atoms with Crippen LogP contribution in [0.4, 0.5) is 14.7 Å². The molecule has 4 rings (SSSR count). The predicted octanol–water partition coefficient (Wildman–Crippen LogP) is 2.09. The molecule has 3 aromatic rings. The van der Waals surface area contributed by atoms with E-state index >= 15 is 0 Å². The topological polar surface area (TPSA) is 73.1 Å². The number of hydrogen-bond acceptors (Lipinski definition) is 6. The fraction of sp³-hybridized carbons (Fsp3) is 0.263. The Labute approximate surface area is 159 Å². The molecule has 28 heavy (non-hydrogen) atoms. The summed E-state index contributed by atoms with van der Waals surface area (Å²) in [5, 5.41) is 0. The first-order valence-electron chi connectivity index (χ1n) is 8.69. The highest BCUT2D eigenvalue weighted by molar-refractivity contribution is 5.55. The second-order valence-corrected chi connectivity index (χ2v) is 6.40. The zero-order chi connectivity index (χ0) is 19.7. The van der Waals surface area contributed by atoms with Gasteiger partial charge < -0.3 is 9.64 Å². The van der Waals surface area contributed by atoms with Crippen molar-refractivity contribution in [3.8, 4) is 11.4 Å². The van der Waals surface area contributed by atoms with Gasteiger partial charge in [0, 0.05) is 37.5 Å². The number of ether oxygens (including phenoxy) is 1. The highest BCUT2D eigenvalue weighted by Gasteiger charge is 2.27. The molecule has 144 valence electrons. The van der Waals surface area contributed by atoms with Gasteiger partial charge in [0.15, 0.2) is 0 Å². The molecule has 2 aromatic heterocycles. The molecule has 1 fully saturated rings. The Morgan fingerprint density at radius 2 is 2.04 bits per heavy atom. The van der Waals surface area contributed by atoms with E-state index in [0.717, 1.165) is 6.07 Å². The molecular formula is C19H17F2N5O2. The third kappa shape index (κ3) is 3.48. The van der Waals surface area contributed by atoms with Crippen LogP contribution in [0, 0.1) is 11.6 Å². The Morgan fingerprint density at radius 3 is 2.79 bits per heavy atom. The molecule has 0 radical (unpaired) electrons. The molecule has 0 bridgehead atoms. The average Bonchev–Trinajstić information content (AvgIpc) is 2.70. The van der Waals surface area contributed by atoms with Gasteiger partial charge in [-0.15, -0.1) is 0 Å². The number of benzene rings is 1. The van der Waals surface area contributed by atoms with Crippen LogP contribution in [0.25, 0.3) is 11.4 Å². The van der Waals surface area contributed by atoms with Crippen molar-refractivity contribution in [2.24, 2.45) is 7.05 Å². The van der Waals surface area contributed by atoms with Gasteiger partial charge in [0.1, 0.15) is 24.1 Å². The molecule has 0 spiro atoms. The maximum absolute atomic E-state index is 14.2. The zero-order valence-electron chi connectivity index (χ0n) is 15.0. The largest absolute Gasteiger partial charge is 0.370 e. The van der Waals surface area contributed by atoms with Gasteiger partial charge in [-0.2, -0.15) is 0 Å². The SMILES string of the molecule is Cn1c(N2CCO[C@@H](c3ccc(F)cc3F)C2)nc(-c2ccncn2)cc1=O. The maximum Gasteiger partial charge on any atom is 0.255 e. The summed E-state index contributed by atoms with van der Waals surface area (Å²) in [6, 6.07) is 6.49. The second kappa shape index (κ2) is 7.43. The monoisotopic (exact) mass is 385 g/mol. The minimum absolute atomic E-state index is 0.241. The van der Waals surface area contributed by atoms with Crippen LogP contribution in [0.2, 0.25) is 0 Å². The van der Waals surface area contributed by atoms with Crippen LogP contribution < -0.4 is 10.5 Å². The Bertz CT molecular complexity index is 1060. The van der Waals surface area contributed by atoms with Crippen molar-refractivity contribution >= 4 is 5.95 Å². The molecule has 0 N–H and O–H groups in total. The van der Waals surface area contributed by atoms with Crippen molar-refractivity contribution in [3.63, 3.8) is 0 Å². The molecule has 1 aliphatic heterocycles. The van der Waals surface area contributed by atoms with E-state index in [9.17, 15) is 13.6 Å². The Morgan fingerprint density at radius 1 is 1.18 bits per heavy atom. The average molecular weight is 385 g/mol. The lowest BCUT2D eigenvalue weighted by atomic mass is 10.1. The lowest BCUT2D eigenvalue weighted by Crippen LogP contribution is -2.42. The third-order valence-electron chi connectivity index (χ3n) is 4.61. The third-order valence-corrected chi connectivity index (χ3v) is 4.61. The van der Waals surface area contributed by atoms with Crippen LogP contribution in [0.5, 0.6) is 0 Å². The first kappa shape index (κ1) is 18.2.